The van der Waals surface area contributed by atoms with E-state index in [9.17, 15) is 29.7 Å². The SMILES string of the molecule is N[C@@H](Cc1ccc(O)cc1)C(=O)N[C@@H](Cc1ccc(O)cc1)C(=O)[C@@H](Cc1ccc(O)cc1)C(=O)OCc1ccccc1. The predicted molar refractivity (Wildman–Crippen MR) is 160 cm³/mol. The van der Waals surface area contributed by atoms with Gasteiger partial charge in [-0.2, -0.15) is 0 Å². The Morgan fingerprint density at radius 3 is 1.60 bits per heavy atom. The summed E-state index contributed by atoms with van der Waals surface area (Å²) in [5.41, 5.74) is 8.93. The van der Waals surface area contributed by atoms with Crippen molar-refractivity contribution in [2.45, 2.75) is 38.0 Å². The Labute approximate surface area is 249 Å². The molecule has 1 amide bonds. The fourth-order valence-electron chi connectivity index (χ4n) is 4.59. The molecule has 0 aliphatic rings. The number of ketones is 1. The van der Waals surface area contributed by atoms with Crippen LogP contribution in [0.15, 0.2) is 103 Å². The second kappa shape index (κ2) is 14.7. The van der Waals surface area contributed by atoms with E-state index in [4.69, 9.17) is 10.5 Å². The number of phenolic OH excluding ortho intramolecular Hbond substituents is 3. The number of phenols is 3. The molecule has 4 aromatic carbocycles. The van der Waals surface area contributed by atoms with Crippen molar-refractivity contribution in [3.05, 3.63) is 125 Å². The number of amides is 1. The van der Waals surface area contributed by atoms with Crippen molar-refractivity contribution in [2.24, 2.45) is 11.7 Å². The van der Waals surface area contributed by atoms with Crippen molar-refractivity contribution in [3.8, 4) is 17.2 Å². The molecule has 0 fully saturated rings. The molecule has 0 bridgehead atoms. The minimum absolute atomic E-state index is 0.0196. The lowest BCUT2D eigenvalue weighted by atomic mass is 9.88. The van der Waals surface area contributed by atoms with Gasteiger partial charge >= 0.3 is 5.97 Å². The number of hydrogen-bond acceptors (Lipinski definition) is 8. The van der Waals surface area contributed by atoms with E-state index in [1.54, 1.807) is 48.5 Å². The molecule has 6 N–H and O–H groups in total. The van der Waals surface area contributed by atoms with E-state index in [0.29, 0.717) is 11.1 Å². The first-order chi connectivity index (χ1) is 20.7. The molecule has 0 aliphatic heterocycles. The van der Waals surface area contributed by atoms with Crippen LogP contribution in [-0.4, -0.2) is 45.1 Å². The Morgan fingerprint density at radius 1 is 0.628 bits per heavy atom. The fraction of sp³-hybridized carbons (Fsp3) is 0.206. The molecule has 0 saturated carbocycles. The van der Waals surface area contributed by atoms with Crippen LogP contribution >= 0.6 is 0 Å². The molecule has 222 valence electrons. The highest BCUT2D eigenvalue weighted by molar-refractivity contribution is 6.03. The van der Waals surface area contributed by atoms with Crippen molar-refractivity contribution in [3.63, 3.8) is 0 Å². The smallest absolute Gasteiger partial charge is 0.317 e. The van der Waals surface area contributed by atoms with Gasteiger partial charge in [0, 0.05) is 0 Å². The van der Waals surface area contributed by atoms with E-state index in [1.165, 1.54) is 36.4 Å². The number of nitrogens with one attached hydrogen (secondary N) is 1. The van der Waals surface area contributed by atoms with Crippen LogP contribution in [0.4, 0.5) is 0 Å². The summed E-state index contributed by atoms with van der Waals surface area (Å²) in [7, 11) is 0. The Bertz CT molecular complexity index is 1510. The molecular weight excluding hydrogens is 548 g/mol. The van der Waals surface area contributed by atoms with Gasteiger partial charge in [0.2, 0.25) is 5.91 Å². The second-order valence-electron chi connectivity index (χ2n) is 10.3. The van der Waals surface area contributed by atoms with E-state index in [2.05, 4.69) is 5.32 Å². The Morgan fingerprint density at radius 2 is 1.09 bits per heavy atom. The van der Waals surface area contributed by atoms with Gasteiger partial charge in [-0.1, -0.05) is 66.7 Å². The molecule has 0 aliphatic carbocycles. The lowest BCUT2D eigenvalue weighted by Crippen LogP contribution is -2.52. The maximum absolute atomic E-state index is 14.1. The monoisotopic (exact) mass is 582 g/mol. The summed E-state index contributed by atoms with van der Waals surface area (Å²) in [6.45, 7) is -0.0362. The molecule has 0 spiro atoms. The highest BCUT2D eigenvalue weighted by Gasteiger charge is 2.35. The number of carbonyl (C=O) groups is 3. The van der Waals surface area contributed by atoms with E-state index >= 15 is 0 Å². The first-order valence-corrected chi connectivity index (χ1v) is 13.8. The molecule has 0 unspecified atom stereocenters. The molecule has 0 radical (unpaired) electrons. The van der Waals surface area contributed by atoms with Crippen LogP contribution in [0.5, 0.6) is 17.2 Å². The zero-order valence-corrected chi connectivity index (χ0v) is 23.4. The Kier molecular flexibility index (Phi) is 10.5. The highest BCUT2D eigenvalue weighted by atomic mass is 16.5. The third-order valence-corrected chi connectivity index (χ3v) is 6.99. The van der Waals surface area contributed by atoms with Crippen molar-refractivity contribution in [1.29, 1.82) is 0 Å². The number of hydrogen-bond donors (Lipinski definition) is 5. The maximum atomic E-state index is 14.1. The molecule has 3 atom stereocenters. The number of esters is 1. The van der Waals surface area contributed by atoms with Crippen LogP contribution in [0.3, 0.4) is 0 Å². The van der Waals surface area contributed by atoms with Gasteiger partial charge in [-0.3, -0.25) is 14.4 Å². The number of benzene rings is 4. The minimum atomic E-state index is -1.27. The molecule has 0 aromatic heterocycles. The second-order valence-corrected chi connectivity index (χ2v) is 10.3. The number of aromatic hydroxyl groups is 3. The van der Waals surface area contributed by atoms with E-state index in [-0.39, 0.29) is 43.1 Å². The fourth-order valence-corrected chi connectivity index (χ4v) is 4.59. The number of rotatable bonds is 13. The quantitative estimate of drug-likeness (QED) is 0.118. The van der Waals surface area contributed by atoms with Crippen LogP contribution in [0.2, 0.25) is 0 Å². The lowest BCUT2D eigenvalue weighted by molar-refractivity contribution is -0.154. The molecule has 0 saturated heterocycles. The van der Waals surface area contributed by atoms with E-state index < -0.39 is 35.7 Å². The first-order valence-electron chi connectivity index (χ1n) is 13.8. The number of ether oxygens (including phenoxy) is 1. The third kappa shape index (κ3) is 9.17. The summed E-state index contributed by atoms with van der Waals surface area (Å²) in [4.78, 5) is 40.8. The van der Waals surface area contributed by atoms with Crippen LogP contribution in [-0.2, 0) is 45.0 Å². The van der Waals surface area contributed by atoms with Crippen molar-refractivity contribution in [2.75, 3.05) is 0 Å². The van der Waals surface area contributed by atoms with Gasteiger partial charge in [0.15, 0.2) is 5.78 Å². The summed E-state index contributed by atoms with van der Waals surface area (Å²) >= 11 is 0. The third-order valence-electron chi connectivity index (χ3n) is 6.99. The molecule has 0 heterocycles. The van der Waals surface area contributed by atoms with E-state index in [1.807, 2.05) is 18.2 Å². The van der Waals surface area contributed by atoms with Crippen LogP contribution < -0.4 is 11.1 Å². The summed E-state index contributed by atoms with van der Waals surface area (Å²) in [6, 6.07) is 25.5. The van der Waals surface area contributed by atoms with Gasteiger partial charge in [0.05, 0.1) is 12.1 Å². The molecule has 43 heavy (non-hydrogen) atoms. The zero-order chi connectivity index (χ0) is 30.8. The number of carbonyl (C=O) groups excluding carboxylic acids is 3. The Balaban J connectivity index is 1.58. The molecule has 9 nitrogen and oxygen atoms in total. The van der Waals surface area contributed by atoms with Crippen LogP contribution in [0.1, 0.15) is 22.3 Å². The van der Waals surface area contributed by atoms with Crippen molar-refractivity contribution < 1.29 is 34.4 Å². The van der Waals surface area contributed by atoms with Crippen molar-refractivity contribution in [1.82, 2.24) is 5.32 Å². The number of nitrogens with two attached hydrogens (primary N) is 1. The summed E-state index contributed by atoms with van der Waals surface area (Å²) in [5.74, 6) is -3.01. The minimum Gasteiger partial charge on any atom is -0.508 e. The van der Waals surface area contributed by atoms with Crippen molar-refractivity contribution >= 4 is 17.7 Å². The molecule has 9 heteroatoms. The van der Waals surface area contributed by atoms with Gasteiger partial charge in [0.25, 0.3) is 0 Å². The van der Waals surface area contributed by atoms with Gasteiger partial charge < -0.3 is 31.1 Å². The zero-order valence-electron chi connectivity index (χ0n) is 23.4. The summed E-state index contributed by atoms with van der Waals surface area (Å²) < 4.78 is 5.56. The highest BCUT2D eigenvalue weighted by Crippen LogP contribution is 2.20. The molecule has 4 aromatic rings. The van der Waals surface area contributed by atoms with E-state index in [0.717, 1.165) is 11.1 Å². The predicted octanol–water partition coefficient (Wildman–Crippen LogP) is 3.57. The maximum Gasteiger partial charge on any atom is 0.317 e. The average Bonchev–Trinajstić information content (AvgIpc) is 3.01. The molecule has 4 rings (SSSR count). The summed E-state index contributed by atoms with van der Waals surface area (Å²) in [6.07, 6.45) is 0.172. The summed E-state index contributed by atoms with van der Waals surface area (Å²) in [5, 5.41) is 31.7. The standard InChI is InChI=1S/C34H34N2O7/c35-30(19-23-8-14-27(38)15-9-23)33(41)36-31(20-24-10-16-28(39)17-11-24)32(40)29(18-22-6-12-26(37)13-7-22)34(42)43-21-25-4-2-1-3-5-25/h1-17,29-31,37-39H,18-21,35H2,(H,36,41)/t29-,30+,31+/m1/s1. The number of Topliss-reactive ketones (excluding diaryl/α,β-unsaturated/α-hetero) is 1. The van der Waals surface area contributed by atoms with Gasteiger partial charge in [-0.05, 0) is 77.9 Å². The van der Waals surface area contributed by atoms with Gasteiger partial charge in [-0.15, -0.1) is 0 Å². The van der Waals surface area contributed by atoms with Gasteiger partial charge in [0.1, 0.15) is 29.8 Å². The average molecular weight is 583 g/mol. The largest absolute Gasteiger partial charge is 0.508 e. The first kappa shape index (κ1) is 30.8. The topological polar surface area (TPSA) is 159 Å². The lowest BCUT2D eigenvalue weighted by Gasteiger charge is -2.24. The molecular formula is C34H34N2O7. The normalized spacial score (nSPS) is 13.0. The Hall–Kier alpha value is -5.15. The van der Waals surface area contributed by atoms with Crippen LogP contribution in [0.25, 0.3) is 0 Å². The van der Waals surface area contributed by atoms with Gasteiger partial charge in [-0.25, -0.2) is 0 Å². The van der Waals surface area contributed by atoms with Crippen LogP contribution in [0, 0.1) is 5.92 Å².